The van der Waals surface area contributed by atoms with Gasteiger partial charge in [0.25, 0.3) is 5.91 Å². The van der Waals surface area contributed by atoms with Crippen LogP contribution in [0.25, 0.3) is 0 Å². The minimum Gasteiger partial charge on any atom is -0.336 e. The molecule has 0 saturated carbocycles. The summed E-state index contributed by atoms with van der Waals surface area (Å²) in [6.45, 7) is 3.25. The van der Waals surface area contributed by atoms with Crippen molar-refractivity contribution in [2.75, 3.05) is 23.3 Å². The van der Waals surface area contributed by atoms with Gasteiger partial charge in [-0.3, -0.25) is 9.69 Å². The standard InChI is InChI=1S/C17H16BrN3O2/c1-11-10-13(4-7-15(11)18)20-16(22)12-2-5-14(6-3-12)21-9-8-19-17(21)23/h2-7,10H,8-9H2,1H3,(H,19,23)(H,20,22). The Balaban J connectivity index is 1.72. The minimum atomic E-state index is -0.177. The van der Waals surface area contributed by atoms with Gasteiger partial charge in [0, 0.05) is 34.5 Å². The number of anilines is 2. The van der Waals surface area contributed by atoms with Gasteiger partial charge in [0.1, 0.15) is 0 Å². The molecule has 2 N–H and O–H groups in total. The molecule has 2 aromatic carbocycles. The maximum Gasteiger partial charge on any atom is 0.321 e. The third-order valence-electron chi connectivity index (χ3n) is 3.71. The van der Waals surface area contributed by atoms with E-state index in [2.05, 4.69) is 26.6 Å². The fraction of sp³-hybridized carbons (Fsp3) is 0.176. The number of halogens is 1. The maximum atomic E-state index is 12.3. The van der Waals surface area contributed by atoms with Gasteiger partial charge in [0.2, 0.25) is 0 Å². The van der Waals surface area contributed by atoms with Crippen LogP contribution in [0.5, 0.6) is 0 Å². The molecular weight excluding hydrogens is 358 g/mol. The molecule has 118 valence electrons. The molecule has 1 aliphatic rings. The monoisotopic (exact) mass is 373 g/mol. The first-order valence-electron chi connectivity index (χ1n) is 7.27. The molecule has 0 aromatic heterocycles. The number of aryl methyl sites for hydroxylation is 1. The predicted molar refractivity (Wildman–Crippen MR) is 94.0 cm³/mol. The first-order valence-corrected chi connectivity index (χ1v) is 8.07. The van der Waals surface area contributed by atoms with Crippen LogP contribution in [0, 0.1) is 6.92 Å². The van der Waals surface area contributed by atoms with Crippen molar-refractivity contribution in [3.63, 3.8) is 0 Å². The van der Waals surface area contributed by atoms with Crippen molar-refractivity contribution in [2.24, 2.45) is 0 Å². The van der Waals surface area contributed by atoms with Crippen molar-refractivity contribution in [1.29, 1.82) is 0 Å². The van der Waals surface area contributed by atoms with Gasteiger partial charge < -0.3 is 10.6 Å². The summed E-state index contributed by atoms with van der Waals surface area (Å²) in [5.41, 5.74) is 3.14. The summed E-state index contributed by atoms with van der Waals surface area (Å²) in [5.74, 6) is -0.177. The number of urea groups is 1. The molecule has 23 heavy (non-hydrogen) atoms. The van der Waals surface area contributed by atoms with E-state index in [-0.39, 0.29) is 11.9 Å². The molecule has 3 amide bonds. The van der Waals surface area contributed by atoms with Gasteiger partial charge in [-0.25, -0.2) is 4.79 Å². The smallest absolute Gasteiger partial charge is 0.321 e. The summed E-state index contributed by atoms with van der Waals surface area (Å²) in [7, 11) is 0. The minimum absolute atomic E-state index is 0.104. The molecule has 0 unspecified atom stereocenters. The second-order valence-electron chi connectivity index (χ2n) is 5.35. The summed E-state index contributed by atoms with van der Waals surface area (Å²) >= 11 is 3.44. The number of hydrogen-bond acceptors (Lipinski definition) is 2. The molecule has 6 heteroatoms. The van der Waals surface area contributed by atoms with Crippen molar-refractivity contribution in [3.8, 4) is 0 Å². The number of nitrogens with one attached hydrogen (secondary N) is 2. The molecule has 3 rings (SSSR count). The fourth-order valence-corrected chi connectivity index (χ4v) is 2.68. The summed E-state index contributed by atoms with van der Waals surface area (Å²) < 4.78 is 1.00. The molecule has 0 radical (unpaired) electrons. The number of hydrogen-bond donors (Lipinski definition) is 2. The quantitative estimate of drug-likeness (QED) is 0.864. The molecule has 1 heterocycles. The number of nitrogens with zero attached hydrogens (tertiary/aromatic N) is 1. The van der Waals surface area contributed by atoms with E-state index in [9.17, 15) is 9.59 Å². The molecule has 0 atom stereocenters. The van der Waals surface area contributed by atoms with Crippen LogP contribution in [0.4, 0.5) is 16.2 Å². The third kappa shape index (κ3) is 3.37. The highest BCUT2D eigenvalue weighted by molar-refractivity contribution is 9.10. The summed E-state index contributed by atoms with van der Waals surface area (Å²) in [5, 5.41) is 5.62. The molecule has 1 saturated heterocycles. The first kappa shape index (κ1) is 15.6. The second kappa shape index (κ2) is 6.42. The maximum absolute atomic E-state index is 12.3. The Labute approximate surface area is 142 Å². The highest BCUT2D eigenvalue weighted by atomic mass is 79.9. The van der Waals surface area contributed by atoms with Gasteiger partial charge in [-0.1, -0.05) is 15.9 Å². The van der Waals surface area contributed by atoms with Crippen molar-refractivity contribution >= 4 is 39.2 Å². The lowest BCUT2D eigenvalue weighted by molar-refractivity contribution is 0.102. The predicted octanol–water partition coefficient (Wildman–Crippen LogP) is 3.54. The topological polar surface area (TPSA) is 61.4 Å². The van der Waals surface area contributed by atoms with Gasteiger partial charge in [0.15, 0.2) is 0 Å². The Morgan fingerprint density at radius 1 is 1.22 bits per heavy atom. The Kier molecular flexibility index (Phi) is 4.34. The molecule has 5 nitrogen and oxygen atoms in total. The molecular formula is C17H16BrN3O2. The lowest BCUT2D eigenvalue weighted by atomic mass is 10.1. The van der Waals surface area contributed by atoms with Crippen LogP contribution in [0.2, 0.25) is 0 Å². The van der Waals surface area contributed by atoms with Crippen LogP contribution in [-0.2, 0) is 0 Å². The fourth-order valence-electron chi connectivity index (χ4n) is 2.44. The Morgan fingerprint density at radius 3 is 2.57 bits per heavy atom. The van der Waals surface area contributed by atoms with Crippen molar-refractivity contribution in [2.45, 2.75) is 6.92 Å². The zero-order chi connectivity index (χ0) is 16.4. The lowest BCUT2D eigenvalue weighted by Gasteiger charge is -2.14. The number of carbonyl (C=O) groups excluding carboxylic acids is 2. The van der Waals surface area contributed by atoms with Crippen molar-refractivity contribution in [1.82, 2.24) is 5.32 Å². The van der Waals surface area contributed by atoms with E-state index in [1.807, 2.05) is 25.1 Å². The normalized spacial score (nSPS) is 13.8. The zero-order valence-corrected chi connectivity index (χ0v) is 14.2. The highest BCUT2D eigenvalue weighted by Crippen LogP contribution is 2.21. The van der Waals surface area contributed by atoms with E-state index in [1.165, 1.54) is 0 Å². The summed E-state index contributed by atoms with van der Waals surface area (Å²) in [6, 6.07) is 12.6. The van der Waals surface area contributed by atoms with Crippen LogP contribution in [0.3, 0.4) is 0 Å². The zero-order valence-electron chi connectivity index (χ0n) is 12.6. The summed E-state index contributed by atoms with van der Waals surface area (Å²) in [6.07, 6.45) is 0. The van der Waals surface area contributed by atoms with Crippen LogP contribution >= 0.6 is 15.9 Å². The lowest BCUT2D eigenvalue weighted by Crippen LogP contribution is -2.27. The van der Waals surface area contributed by atoms with Crippen molar-refractivity contribution in [3.05, 3.63) is 58.1 Å². The van der Waals surface area contributed by atoms with E-state index >= 15 is 0 Å². The second-order valence-corrected chi connectivity index (χ2v) is 6.20. The van der Waals surface area contributed by atoms with Crippen LogP contribution in [0.1, 0.15) is 15.9 Å². The number of amides is 3. The van der Waals surface area contributed by atoms with E-state index in [0.29, 0.717) is 18.7 Å². The first-order chi connectivity index (χ1) is 11.0. The van der Waals surface area contributed by atoms with E-state index < -0.39 is 0 Å². The molecule has 1 aliphatic heterocycles. The Morgan fingerprint density at radius 2 is 1.96 bits per heavy atom. The van der Waals surface area contributed by atoms with Gasteiger partial charge >= 0.3 is 6.03 Å². The van der Waals surface area contributed by atoms with Gasteiger partial charge in [0.05, 0.1) is 0 Å². The van der Waals surface area contributed by atoms with Gasteiger partial charge in [-0.05, 0) is 55.0 Å². The van der Waals surface area contributed by atoms with E-state index in [0.717, 1.165) is 21.4 Å². The van der Waals surface area contributed by atoms with Crippen LogP contribution in [0.15, 0.2) is 46.9 Å². The van der Waals surface area contributed by atoms with Crippen LogP contribution in [-0.4, -0.2) is 25.0 Å². The molecule has 0 aliphatic carbocycles. The number of rotatable bonds is 3. The average molecular weight is 374 g/mol. The Hall–Kier alpha value is -2.34. The molecule has 1 fully saturated rings. The van der Waals surface area contributed by atoms with Crippen molar-refractivity contribution < 1.29 is 9.59 Å². The highest BCUT2D eigenvalue weighted by Gasteiger charge is 2.21. The SMILES string of the molecule is Cc1cc(NC(=O)c2ccc(N3CCNC3=O)cc2)ccc1Br. The van der Waals surface area contributed by atoms with E-state index in [1.54, 1.807) is 29.2 Å². The molecule has 0 bridgehead atoms. The molecule has 0 spiro atoms. The molecule has 2 aromatic rings. The van der Waals surface area contributed by atoms with Gasteiger partial charge in [-0.2, -0.15) is 0 Å². The van der Waals surface area contributed by atoms with Gasteiger partial charge in [-0.15, -0.1) is 0 Å². The summed E-state index contributed by atoms with van der Waals surface area (Å²) in [4.78, 5) is 25.6. The van der Waals surface area contributed by atoms with E-state index in [4.69, 9.17) is 0 Å². The Bertz CT molecular complexity index is 759. The third-order valence-corrected chi connectivity index (χ3v) is 4.60. The van der Waals surface area contributed by atoms with Crippen LogP contribution < -0.4 is 15.5 Å². The average Bonchev–Trinajstić information content (AvgIpc) is 2.97. The largest absolute Gasteiger partial charge is 0.336 e. The number of carbonyl (C=O) groups is 2. The number of benzene rings is 2.